The highest BCUT2D eigenvalue weighted by Gasteiger charge is 2.00. The van der Waals surface area contributed by atoms with Crippen LogP contribution in [0.15, 0.2) is 39.5 Å². The zero-order chi connectivity index (χ0) is 8.55. The molecule has 1 aromatic heterocycles. The normalized spacial score (nSPS) is 10.5. The Morgan fingerprint density at radius 2 is 1.58 bits per heavy atom. The molecule has 0 amide bonds. The molecule has 0 saturated carbocycles. The summed E-state index contributed by atoms with van der Waals surface area (Å²) in [6.45, 7) is 0. The van der Waals surface area contributed by atoms with E-state index in [2.05, 4.69) is 36.8 Å². The predicted molar refractivity (Wildman–Crippen MR) is 57.1 cm³/mol. The maximum absolute atomic E-state index is 4.06. The maximum atomic E-state index is 4.06. The lowest BCUT2D eigenvalue weighted by molar-refractivity contribution is 1.36. The first kappa shape index (κ1) is 8.20. The summed E-state index contributed by atoms with van der Waals surface area (Å²) in [4.78, 5) is 4.06. The van der Waals surface area contributed by atoms with Gasteiger partial charge >= 0.3 is 0 Å². The number of halogens is 2. The predicted octanol–water partition coefficient (Wildman–Crippen LogP) is 3.76. The van der Waals surface area contributed by atoms with Gasteiger partial charge in [-0.25, -0.2) is 0 Å². The third kappa shape index (κ3) is 1.27. The molecule has 0 saturated heterocycles. The summed E-state index contributed by atoms with van der Waals surface area (Å²) in [5.41, 5.74) is 0. The number of benzene rings is 1. The summed E-state index contributed by atoms with van der Waals surface area (Å²) >= 11 is 6.95. The molecule has 2 aromatic rings. The molecule has 0 bridgehead atoms. The van der Waals surface area contributed by atoms with Gasteiger partial charge in [-0.2, -0.15) is 0 Å². The fourth-order valence-corrected chi connectivity index (χ4v) is 2.04. The lowest BCUT2D eigenvalue weighted by Gasteiger charge is -2.00. The first-order valence-electron chi connectivity index (χ1n) is 3.47. The van der Waals surface area contributed by atoms with Crippen LogP contribution in [0.2, 0.25) is 0 Å². The lowest BCUT2D eigenvalue weighted by atomic mass is 10.2. The average molecular weight is 287 g/mol. The lowest BCUT2D eigenvalue weighted by Crippen LogP contribution is -1.77. The summed E-state index contributed by atoms with van der Waals surface area (Å²) in [6.07, 6.45) is 3.64. The van der Waals surface area contributed by atoms with Crippen LogP contribution in [-0.4, -0.2) is 4.98 Å². The van der Waals surface area contributed by atoms with Gasteiger partial charge in [-0.3, -0.25) is 4.98 Å². The van der Waals surface area contributed by atoms with E-state index in [0.29, 0.717) is 0 Å². The Hall–Kier alpha value is -0.410. The molecule has 0 radical (unpaired) electrons. The Kier molecular flexibility index (Phi) is 2.15. The van der Waals surface area contributed by atoms with Gasteiger partial charge in [0.15, 0.2) is 0 Å². The third-order valence-corrected chi connectivity index (χ3v) is 3.09. The van der Waals surface area contributed by atoms with Gasteiger partial charge in [0.25, 0.3) is 0 Å². The van der Waals surface area contributed by atoms with Gasteiger partial charge in [0.2, 0.25) is 0 Å². The molecule has 0 atom stereocenters. The van der Waals surface area contributed by atoms with E-state index in [1.165, 1.54) is 5.39 Å². The molecule has 12 heavy (non-hydrogen) atoms. The Morgan fingerprint density at radius 1 is 0.917 bits per heavy atom. The highest BCUT2D eigenvalue weighted by molar-refractivity contribution is 9.11. The van der Waals surface area contributed by atoms with Crippen LogP contribution in [0.1, 0.15) is 0 Å². The molecule has 0 unspecified atom stereocenters. The molecule has 0 fully saturated rings. The van der Waals surface area contributed by atoms with E-state index in [1.807, 2.05) is 24.4 Å². The molecule has 60 valence electrons. The van der Waals surface area contributed by atoms with Crippen molar-refractivity contribution in [2.45, 2.75) is 0 Å². The Bertz CT molecular complexity index is 385. The van der Waals surface area contributed by atoms with Crippen molar-refractivity contribution >= 4 is 42.6 Å². The summed E-state index contributed by atoms with van der Waals surface area (Å²) in [6, 6.07) is 6.02. The quantitative estimate of drug-likeness (QED) is 0.719. The van der Waals surface area contributed by atoms with E-state index in [0.717, 1.165) is 14.3 Å². The van der Waals surface area contributed by atoms with E-state index in [4.69, 9.17) is 0 Å². The Labute approximate surface area is 87.1 Å². The van der Waals surface area contributed by atoms with Crippen LogP contribution in [0.4, 0.5) is 0 Å². The van der Waals surface area contributed by atoms with E-state index in [-0.39, 0.29) is 0 Å². The van der Waals surface area contributed by atoms with Crippen molar-refractivity contribution in [2.24, 2.45) is 0 Å². The zero-order valence-electron chi connectivity index (χ0n) is 6.09. The number of hydrogen-bond acceptors (Lipinski definition) is 1. The highest BCUT2D eigenvalue weighted by atomic mass is 79.9. The molecular weight excluding hydrogens is 282 g/mol. The number of fused-ring (bicyclic) bond motifs is 1. The van der Waals surface area contributed by atoms with Crippen molar-refractivity contribution in [1.82, 2.24) is 4.98 Å². The number of rotatable bonds is 0. The topological polar surface area (TPSA) is 12.9 Å². The van der Waals surface area contributed by atoms with Crippen LogP contribution < -0.4 is 0 Å². The van der Waals surface area contributed by atoms with Crippen LogP contribution in [0.3, 0.4) is 0 Å². The van der Waals surface area contributed by atoms with Gasteiger partial charge in [-0.1, -0.05) is 31.9 Å². The number of hydrogen-bond donors (Lipinski definition) is 0. The average Bonchev–Trinajstić information content (AvgIpc) is 2.12. The summed E-state index contributed by atoms with van der Waals surface area (Å²) in [5.74, 6) is 0. The molecule has 3 heteroatoms. The third-order valence-electron chi connectivity index (χ3n) is 1.71. The number of nitrogens with zero attached hydrogens (tertiary/aromatic N) is 1. The molecule has 0 spiro atoms. The SMILES string of the molecule is Brc1ccc(Br)c2cnccc12. The van der Waals surface area contributed by atoms with Crippen LogP contribution in [-0.2, 0) is 0 Å². The first-order chi connectivity index (χ1) is 5.79. The smallest absolute Gasteiger partial charge is 0.0358 e. The molecule has 0 aliphatic carbocycles. The van der Waals surface area contributed by atoms with E-state index in [9.17, 15) is 0 Å². The van der Waals surface area contributed by atoms with Crippen molar-refractivity contribution < 1.29 is 0 Å². The summed E-state index contributed by atoms with van der Waals surface area (Å²) < 4.78 is 2.18. The second-order valence-corrected chi connectivity index (χ2v) is 4.16. The fraction of sp³-hybridized carbons (Fsp3) is 0. The van der Waals surface area contributed by atoms with Crippen molar-refractivity contribution in [3.63, 3.8) is 0 Å². The largest absolute Gasteiger partial charge is 0.264 e. The molecule has 1 aromatic carbocycles. The number of pyridine rings is 1. The Balaban J connectivity index is 2.95. The maximum Gasteiger partial charge on any atom is 0.0358 e. The highest BCUT2D eigenvalue weighted by Crippen LogP contribution is 2.28. The van der Waals surface area contributed by atoms with Crippen LogP contribution >= 0.6 is 31.9 Å². The summed E-state index contributed by atoms with van der Waals surface area (Å²) in [5, 5.41) is 2.31. The van der Waals surface area contributed by atoms with E-state index >= 15 is 0 Å². The molecule has 0 aliphatic heterocycles. The molecule has 0 aliphatic rings. The van der Waals surface area contributed by atoms with Crippen molar-refractivity contribution in [3.8, 4) is 0 Å². The van der Waals surface area contributed by atoms with Crippen molar-refractivity contribution in [3.05, 3.63) is 39.5 Å². The molecule has 0 N–H and O–H groups in total. The minimum Gasteiger partial charge on any atom is -0.264 e. The van der Waals surface area contributed by atoms with Crippen LogP contribution in [0.5, 0.6) is 0 Å². The zero-order valence-corrected chi connectivity index (χ0v) is 9.26. The minimum atomic E-state index is 1.08. The summed E-state index contributed by atoms with van der Waals surface area (Å²) in [7, 11) is 0. The minimum absolute atomic E-state index is 1.08. The van der Waals surface area contributed by atoms with E-state index in [1.54, 1.807) is 6.20 Å². The van der Waals surface area contributed by atoms with Gasteiger partial charge in [0.05, 0.1) is 0 Å². The Morgan fingerprint density at radius 3 is 2.25 bits per heavy atom. The standard InChI is InChI=1S/C9H5Br2N/c10-8-1-2-9(11)7-5-12-4-3-6(7)8/h1-5H. The molecule has 1 heterocycles. The van der Waals surface area contributed by atoms with Crippen LogP contribution in [0.25, 0.3) is 10.8 Å². The fourth-order valence-electron chi connectivity index (χ4n) is 1.12. The van der Waals surface area contributed by atoms with Gasteiger partial charge in [-0.05, 0) is 18.2 Å². The second-order valence-electron chi connectivity index (χ2n) is 2.45. The molecule has 2 rings (SSSR count). The van der Waals surface area contributed by atoms with E-state index < -0.39 is 0 Å². The monoisotopic (exact) mass is 285 g/mol. The molecular formula is C9H5Br2N. The van der Waals surface area contributed by atoms with Crippen molar-refractivity contribution in [2.75, 3.05) is 0 Å². The van der Waals surface area contributed by atoms with Gasteiger partial charge in [0.1, 0.15) is 0 Å². The van der Waals surface area contributed by atoms with Crippen LogP contribution in [0, 0.1) is 0 Å². The van der Waals surface area contributed by atoms with Gasteiger partial charge in [0, 0.05) is 32.1 Å². The van der Waals surface area contributed by atoms with Gasteiger partial charge < -0.3 is 0 Å². The first-order valence-corrected chi connectivity index (χ1v) is 5.05. The van der Waals surface area contributed by atoms with Crippen molar-refractivity contribution in [1.29, 1.82) is 0 Å². The molecule has 1 nitrogen and oxygen atoms in total. The second kappa shape index (κ2) is 3.15. The van der Waals surface area contributed by atoms with Gasteiger partial charge in [-0.15, -0.1) is 0 Å². The number of aromatic nitrogens is 1.